The van der Waals surface area contributed by atoms with Crippen LogP contribution in [0.1, 0.15) is 6.92 Å². The number of carbonyl (C=O) groups excluding carboxylic acids is 1. The molecule has 1 aromatic carbocycles. The average Bonchev–Trinajstić information content (AvgIpc) is 2.17. The summed E-state index contributed by atoms with van der Waals surface area (Å²) in [6.45, 7) is 1.69. The Morgan fingerprint density at radius 3 is 2.87 bits per heavy atom. The summed E-state index contributed by atoms with van der Waals surface area (Å²) < 4.78 is 5.43. The van der Waals surface area contributed by atoms with Gasteiger partial charge in [-0.3, -0.25) is 4.79 Å². The number of rotatable bonds is 0. The van der Waals surface area contributed by atoms with Crippen LogP contribution in [-0.2, 0) is 4.79 Å². The number of nitrogens with zero attached hydrogens (tertiary/aromatic N) is 1. The Balaban J connectivity index is 2.60. The molecule has 15 heavy (non-hydrogen) atoms. The van der Waals surface area contributed by atoms with Crippen molar-refractivity contribution >= 4 is 28.9 Å². The third-order valence-corrected chi connectivity index (χ3v) is 2.62. The molecule has 0 unspecified atom stereocenters. The fraction of sp³-hybridized carbons (Fsp3) is 0.300. The fourth-order valence-electron chi connectivity index (χ4n) is 1.60. The molecule has 1 aromatic rings. The van der Waals surface area contributed by atoms with Crippen LogP contribution in [0.4, 0.5) is 11.4 Å². The van der Waals surface area contributed by atoms with Crippen LogP contribution in [-0.4, -0.2) is 19.1 Å². The first-order chi connectivity index (χ1) is 7.00. The van der Waals surface area contributed by atoms with E-state index in [1.807, 2.05) is 0 Å². The van der Waals surface area contributed by atoms with Crippen molar-refractivity contribution in [2.45, 2.75) is 13.0 Å². The summed E-state index contributed by atoms with van der Waals surface area (Å²) in [7, 11) is 1.68. The number of benzene rings is 1. The van der Waals surface area contributed by atoms with Gasteiger partial charge in [0.15, 0.2) is 11.9 Å². The first-order valence-corrected chi connectivity index (χ1v) is 4.91. The van der Waals surface area contributed by atoms with Gasteiger partial charge in [0.25, 0.3) is 5.91 Å². The van der Waals surface area contributed by atoms with E-state index < -0.39 is 6.10 Å². The summed E-state index contributed by atoms with van der Waals surface area (Å²) >= 11 is 5.86. The highest BCUT2D eigenvalue weighted by Crippen LogP contribution is 2.40. The van der Waals surface area contributed by atoms with Gasteiger partial charge >= 0.3 is 0 Å². The van der Waals surface area contributed by atoms with Gasteiger partial charge in [0, 0.05) is 12.1 Å². The Morgan fingerprint density at radius 1 is 1.53 bits per heavy atom. The molecule has 1 aliphatic heterocycles. The molecule has 5 heteroatoms. The Hall–Kier alpha value is -1.42. The molecule has 0 spiro atoms. The molecule has 1 aliphatic rings. The van der Waals surface area contributed by atoms with Gasteiger partial charge in [-0.15, -0.1) is 0 Å². The zero-order valence-electron chi connectivity index (χ0n) is 8.45. The summed E-state index contributed by atoms with van der Waals surface area (Å²) in [5, 5.41) is 0.490. The van der Waals surface area contributed by atoms with E-state index in [4.69, 9.17) is 22.1 Å². The van der Waals surface area contributed by atoms with Gasteiger partial charge < -0.3 is 15.4 Å². The molecule has 2 N–H and O–H groups in total. The monoisotopic (exact) mass is 226 g/mol. The standard InChI is InChI=1S/C10H11ClN2O2/c1-5-10(14)13(2)8-4-6(11)3-7(12)9(8)15-5/h3-5H,12H2,1-2H3/t5-/m0/s1. The van der Waals surface area contributed by atoms with Crippen molar-refractivity contribution in [1.29, 1.82) is 0 Å². The van der Waals surface area contributed by atoms with Crippen LogP contribution in [0.3, 0.4) is 0 Å². The van der Waals surface area contributed by atoms with Crippen molar-refractivity contribution in [2.75, 3.05) is 17.7 Å². The minimum atomic E-state index is -0.508. The lowest BCUT2D eigenvalue weighted by atomic mass is 10.2. The van der Waals surface area contributed by atoms with Crippen molar-refractivity contribution < 1.29 is 9.53 Å². The van der Waals surface area contributed by atoms with Crippen LogP contribution >= 0.6 is 11.6 Å². The minimum Gasteiger partial charge on any atom is -0.477 e. The van der Waals surface area contributed by atoms with E-state index in [0.717, 1.165) is 0 Å². The maximum absolute atomic E-state index is 11.6. The van der Waals surface area contributed by atoms with Crippen LogP contribution in [0, 0.1) is 0 Å². The molecule has 0 aromatic heterocycles. The molecule has 80 valence electrons. The zero-order chi connectivity index (χ0) is 11.2. The molecule has 2 rings (SSSR count). The largest absolute Gasteiger partial charge is 0.477 e. The van der Waals surface area contributed by atoms with Crippen LogP contribution in [0.5, 0.6) is 5.75 Å². The maximum atomic E-state index is 11.6. The molecule has 1 atom stereocenters. The average molecular weight is 227 g/mol. The molecule has 0 saturated heterocycles. The number of nitrogen functional groups attached to an aromatic ring is 1. The normalized spacial score (nSPS) is 19.8. The van der Waals surface area contributed by atoms with E-state index in [-0.39, 0.29) is 5.91 Å². The molecule has 0 radical (unpaired) electrons. The summed E-state index contributed by atoms with van der Waals surface area (Å²) in [5.41, 5.74) is 6.83. The zero-order valence-corrected chi connectivity index (χ0v) is 9.21. The summed E-state index contributed by atoms with van der Waals surface area (Å²) in [5.74, 6) is 0.415. The molecule has 0 fully saturated rings. The SMILES string of the molecule is C[C@@H]1Oc2c(N)cc(Cl)cc2N(C)C1=O. The highest BCUT2D eigenvalue weighted by molar-refractivity contribution is 6.31. The van der Waals surface area contributed by atoms with Crippen LogP contribution in [0.2, 0.25) is 5.02 Å². The van der Waals surface area contributed by atoms with Crippen molar-refractivity contribution in [3.63, 3.8) is 0 Å². The second-order valence-corrected chi connectivity index (χ2v) is 3.94. The number of anilines is 2. The van der Waals surface area contributed by atoms with Gasteiger partial charge in [-0.05, 0) is 19.1 Å². The number of ether oxygens (including phenoxy) is 1. The van der Waals surface area contributed by atoms with E-state index in [1.54, 1.807) is 26.1 Å². The van der Waals surface area contributed by atoms with Crippen LogP contribution in [0.25, 0.3) is 0 Å². The van der Waals surface area contributed by atoms with Crippen molar-refractivity contribution in [3.8, 4) is 5.75 Å². The Kier molecular flexibility index (Phi) is 2.23. The lowest BCUT2D eigenvalue weighted by molar-refractivity contribution is -0.125. The minimum absolute atomic E-state index is 0.107. The van der Waals surface area contributed by atoms with Gasteiger partial charge in [-0.2, -0.15) is 0 Å². The number of hydrogen-bond acceptors (Lipinski definition) is 3. The third kappa shape index (κ3) is 1.51. The predicted octanol–water partition coefficient (Wildman–Crippen LogP) is 1.67. The second-order valence-electron chi connectivity index (χ2n) is 3.50. The molecular weight excluding hydrogens is 216 g/mol. The van der Waals surface area contributed by atoms with Crippen LogP contribution < -0.4 is 15.4 Å². The maximum Gasteiger partial charge on any atom is 0.267 e. The topological polar surface area (TPSA) is 55.6 Å². The first kappa shape index (κ1) is 10.1. The van der Waals surface area contributed by atoms with Crippen molar-refractivity contribution in [1.82, 2.24) is 0 Å². The van der Waals surface area contributed by atoms with Crippen molar-refractivity contribution in [2.24, 2.45) is 0 Å². The van der Waals surface area contributed by atoms with Gasteiger partial charge in [-0.25, -0.2) is 0 Å². The number of halogens is 1. The van der Waals surface area contributed by atoms with E-state index in [2.05, 4.69) is 0 Å². The molecule has 1 amide bonds. The second kappa shape index (κ2) is 3.31. The van der Waals surface area contributed by atoms with Crippen LogP contribution in [0.15, 0.2) is 12.1 Å². The van der Waals surface area contributed by atoms with Crippen molar-refractivity contribution in [3.05, 3.63) is 17.2 Å². The van der Waals surface area contributed by atoms with E-state index in [0.29, 0.717) is 22.1 Å². The Labute approximate surface area is 92.6 Å². The summed E-state index contributed by atoms with van der Waals surface area (Å²) in [4.78, 5) is 13.1. The number of nitrogens with two attached hydrogens (primary N) is 1. The fourth-order valence-corrected chi connectivity index (χ4v) is 1.82. The third-order valence-electron chi connectivity index (χ3n) is 2.40. The Morgan fingerprint density at radius 2 is 2.20 bits per heavy atom. The quantitative estimate of drug-likeness (QED) is 0.685. The predicted molar refractivity (Wildman–Crippen MR) is 59.4 cm³/mol. The van der Waals surface area contributed by atoms with E-state index in [1.165, 1.54) is 4.90 Å². The Bertz CT molecular complexity index is 434. The smallest absolute Gasteiger partial charge is 0.267 e. The number of amides is 1. The molecular formula is C10H11ClN2O2. The number of hydrogen-bond donors (Lipinski definition) is 1. The first-order valence-electron chi connectivity index (χ1n) is 4.54. The molecule has 4 nitrogen and oxygen atoms in total. The molecule has 0 bridgehead atoms. The van der Waals surface area contributed by atoms with Gasteiger partial charge in [-0.1, -0.05) is 11.6 Å². The molecule has 0 saturated carbocycles. The lowest BCUT2D eigenvalue weighted by Crippen LogP contribution is -2.42. The summed E-state index contributed by atoms with van der Waals surface area (Å²) in [6, 6.07) is 3.27. The van der Waals surface area contributed by atoms with Gasteiger partial charge in [0.1, 0.15) is 0 Å². The number of fused-ring (bicyclic) bond motifs is 1. The summed E-state index contributed by atoms with van der Waals surface area (Å²) in [6.07, 6.45) is -0.508. The highest BCUT2D eigenvalue weighted by Gasteiger charge is 2.30. The molecule has 1 heterocycles. The van der Waals surface area contributed by atoms with E-state index in [9.17, 15) is 4.79 Å². The number of likely N-dealkylation sites (N-methyl/N-ethyl adjacent to an activating group) is 1. The van der Waals surface area contributed by atoms with Gasteiger partial charge in [0.05, 0.1) is 11.4 Å². The van der Waals surface area contributed by atoms with E-state index >= 15 is 0 Å². The lowest BCUT2D eigenvalue weighted by Gasteiger charge is -2.31. The van der Waals surface area contributed by atoms with Gasteiger partial charge in [0.2, 0.25) is 0 Å². The molecule has 0 aliphatic carbocycles. The highest BCUT2D eigenvalue weighted by atomic mass is 35.5. The number of carbonyl (C=O) groups is 1.